The van der Waals surface area contributed by atoms with Gasteiger partial charge in [0, 0.05) is 13.1 Å². The molecule has 1 amide bonds. The number of nitrogens with one attached hydrogen (secondary N) is 1. The number of hydrogen-bond acceptors (Lipinski definition) is 3. The molecule has 0 heterocycles. The summed E-state index contributed by atoms with van der Waals surface area (Å²) in [7, 11) is 0. The van der Waals surface area contributed by atoms with Crippen molar-refractivity contribution in [3.63, 3.8) is 0 Å². The molecule has 7 heteroatoms. The number of benzene rings is 1. The van der Waals surface area contributed by atoms with E-state index in [0.29, 0.717) is 0 Å². The molecule has 1 aromatic rings. The molecule has 1 unspecified atom stereocenters. The highest BCUT2D eigenvalue weighted by Crippen LogP contribution is 2.13. The van der Waals surface area contributed by atoms with Gasteiger partial charge in [-0.2, -0.15) is 0 Å². The van der Waals surface area contributed by atoms with Gasteiger partial charge in [0.05, 0.1) is 0 Å². The van der Waals surface area contributed by atoms with Gasteiger partial charge in [-0.3, -0.25) is 4.79 Å². The highest BCUT2D eigenvalue weighted by molar-refractivity contribution is 5.78. The second-order valence-corrected chi connectivity index (χ2v) is 3.42. The van der Waals surface area contributed by atoms with E-state index in [1.165, 1.54) is 0 Å². The van der Waals surface area contributed by atoms with Crippen LogP contribution in [0.3, 0.4) is 0 Å². The Bertz CT molecular complexity index is 403. The lowest BCUT2D eigenvalue weighted by atomic mass is 10.2. The highest BCUT2D eigenvalue weighted by Gasteiger charge is 2.12. The average molecular weight is 248 g/mol. The van der Waals surface area contributed by atoms with Crippen molar-refractivity contribution in [2.75, 3.05) is 6.54 Å². The standard InChI is InChI=1S/C10H11F3N2O2/c11-6-1-5(2-7(12)9(6)13)3-15-4-8(16)10(14)17/h1-2,8,15-16H,3-4H2,(H2,14,17). The SMILES string of the molecule is NC(=O)C(O)CNCc1cc(F)c(F)c(F)c1. The number of rotatable bonds is 5. The minimum Gasteiger partial charge on any atom is -0.382 e. The number of nitrogens with two attached hydrogens (primary N) is 1. The molecule has 1 rings (SSSR count). The van der Waals surface area contributed by atoms with Crippen LogP contribution in [-0.2, 0) is 11.3 Å². The summed E-state index contributed by atoms with van der Waals surface area (Å²) >= 11 is 0. The molecule has 17 heavy (non-hydrogen) atoms. The van der Waals surface area contributed by atoms with Crippen LogP contribution >= 0.6 is 0 Å². The molecule has 4 nitrogen and oxygen atoms in total. The molecule has 0 saturated heterocycles. The maximum absolute atomic E-state index is 12.8. The topological polar surface area (TPSA) is 75.4 Å². The Morgan fingerprint density at radius 1 is 1.35 bits per heavy atom. The van der Waals surface area contributed by atoms with Gasteiger partial charge in [0.25, 0.3) is 0 Å². The van der Waals surface area contributed by atoms with Crippen molar-refractivity contribution >= 4 is 5.91 Å². The fourth-order valence-electron chi connectivity index (χ4n) is 1.16. The number of hydrogen-bond donors (Lipinski definition) is 3. The summed E-state index contributed by atoms with van der Waals surface area (Å²) in [6, 6.07) is 1.64. The number of amides is 1. The van der Waals surface area contributed by atoms with E-state index in [2.05, 4.69) is 5.32 Å². The second-order valence-electron chi connectivity index (χ2n) is 3.42. The minimum absolute atomic E-state index is 0.0293. The molecular formula is C10H11F3N2O2. The van der Waals surface area contributed by atoms with Crippen LogP contribution in [0.4, 0.5) is 13.2 Å². The van der Waals surface area contributed by atoms with Crippen LogP contribution in [0.25, 0.3) is 0 Å². The van der Waals surface area contributed by atoms with Crippen LogP contribution in [0.15, 0.2) is 12.1 Å². The van der Waals surface area contributed by atoms with Gasteiger partial charge in [-0.25, -0.2) is 13.2 Å². The molecule has 0 fully saturated rings. The minimum atomic E-state index is -1.54. The molecule has 0 aromatic heterocycles. The van der Waals surface area contributed by atoms with Gasteiger partial charge in [0.1, 0.15) is 6.10 Å². The third-order valence-electron chi connectivity index (χ3n) is 2.04. The molecule has 0 radical (unpaired) electrons. The van der Waals surface area contributed by atoms with Gasteiger partial charge in [0.2, 0.25) is 5.91 Å². The summed E-state index contributed by atoms with van der Waals surface area (Å²) in [5.41, 5.74) is 4.94. The quantitative estimate of drug-likeness (QED) is 0.644. The zero-order valence-electron chi connectivity index (χ0n) is 8.71. The predicted molar refractivity (Wildman–Crippen MR) is 53.2 cm³/mol. The zero-order chi connectivity index (χ0) is 13.0. The second kappa shape index (κ2) is 5.65. The molecule has 1 aromatic carbocycles. The van der Waals surface area contributed by atoms with Crippen molar-refractivity contribution in [2.24, 2.45) is 5.73 Å². The van der Waals surface area contributed by atoms with Crippen LogP contribution in [0.5, 0.6) is 0 Å². The number of halogens is 3. The van der Waals surface area contributed by atoms with E-state index in [1.54, 1.807) is 0 Å². The molecule has 0 aliphatic carbocycles. The van der Waals surface area contributed by atoms with Gasteiger partial charge in [-0.05, 0) is 17.7 Å². The first-order chi connectivity index (χ1) is 7.91. The van der Waals surface area contributed by atoms with E-state index in [4.69, 9.17) is 10.8 Å². The van der Waals surface area contributed by atoms with E-state index in [9.17, 15) is 18.0 Å². The van der Waals surface area contributed by atoms with Gasteiger partial charge < -0.3 is 16.2 Å². The lowest BCUT2D eigenvalue weighted by Gasteiger charge is -2.08. The van der Waals surface area contributed by atoms with Crippen LogP contribution in [0.1, 0.15) is 5.56 Å². The summed E-state index contributed by atoms with van der Waals surface area (Å²) in [5.74, 6) is -5.03. The third kappa shape index (κ3) is 3.72. The maximum Gasteiger partial charge on any atom is 0.247 e. The first-order valence-electron chi connectivity index (χ1n) is 4.73. The van der Waals surface area contributed by atoms with Gasteiger partial charge in [-0.1, -0.05) is 0 Å². The predicted octanol–water partition coefficient (Wildman–Crippen LogP) is 0.0397. The smallest absolute Gasteiger partial charge is 0.247 e. The van der Waals surface area contributed by atoms with Crippen molar-refractivity contribution in [2.45, 2.75) is 12.6 Å². The molecule has 0 bridgehead atoms. The molecule has 0 saturated carbocycles. The van der Waals surface area contributed by atoms with Crippen molar-refractivity contribution in [1.82, 2.24) is 5.32 Å². The first kappa shape index (κ1) is 13.5. The third-order valence-corrected chi connectivity index (χ3v) is 2.04. The summed E-state index contributed by atoms with van der Waals surface area (Å²) in [6.45, 7) is -0.186. The highest BCUT2D eigenvalue weighted by atomic mass is 19.2. The Labute approximate surface area is 95.2 Å². The fourth-order valence-corrected chi connectivity index (χ4v) is 1.16. The lowest BCUT2D eigenvalue weighted by Crippen LogP contribution is -2.37. The average Bonchev–Trinajstić information content (AvgIpc) is 2.25. The monoisotopic (exact) mass is 248 g/mol. The Hall–Kier alpha value is -1.60. The Morgan fingerprint density at radius 2 is 1.88 bits per heavy atom. The van der Waals surface area contributed by atoms with E-state index in [1.807, 2.05) is 0 Å². The van der Waals surface area contributed by atoms with Crippen molar-refractivity contribution < 1.29 is 23.1 Å². The lowest BCUT2D eigenvalue weighted by molar-refractivity contribution is -0.125. The van der Waals surface area contributed by atoms with E-state index >= 15 is 0 Å². The van der Waals surface area contributed by atoms with E-state index < -0.39 is 29.5 Å². The molecule has 0 aliphatic heterocycles. The molecule has 0 spiro atoms. The van der Waals surface area contributed by atoms with E-state index in [-0.39, 0.29) is 18.7 Å². The Balaban J connectivity index is 2.56. The molecule has 1 atom stereocenters. The van der Waals surface area contributed by atoms with Crippen LogP contribution in [-0.4, -0.2) is 23.7 Å². The largest absolute Gasteiger partial charge is 0.382 e. The maximum atomic E-state index is 12.8. The molecule has 4 N–H and O–H groups in total. The van der Waals surface area contributed by atoms with E-state index in [0.717, 1.165) is 12.1 Å². The fraction of sp³-hybridized carbons (Fsp3) is 0.300. The van der Waals surface area contributed by atoms with Crippen LogP contribution in [0, 0.1) is 17.5 Å². The molecular weight excluding hydrogens is 237 g/mol. The zero-order valence-corrected chi connectivity index (χ0v) is 8.71. The van der Waals surface area contributed by atoms with Gasteiger partial charge in [0.15, 0.2) is 17.5 Å². The van der Waals surface area contributed by atoms with Crippen molar-refractivity contribution in [3.05, 3.63) is 35.1 Å². The van der Waals surface area contributed by atoms with Crippen molar-refractivity contribution in [3.8, 4) is 0 Å². The number of carbonyl (C=O) groups excluding carboxylic acids is 1. The van der Waals surface area contributed by atoms with Gasteiger partial charge >= 0.3 is 0 Å². The van der Waals surface area contributed by atoms with Gasteiger partial charge in [-0.15, -0.1) is 0 Å². The molecule has 94 valence electrons. The number of aliphatic hydroxyl groups excluding tert-OH is 1. The van der Waals surface area contributed by atoms with Crippen molar-refractivity contribution in [1.29, 1.82) is 0 Å². The number of aliphatic hydroxyl groups is 1. The van der Waals surface area contributed by atoms with Crippen LogP contribution in [0.2, 0.25) is 0 Å². The summed E-state index contributed by atoms with van der Waals surface area (Å²) in [5, 5.41) is 11.6. The molecule has 0 aliphatic rings. The number of primary amides is 1. The summed E-state index contributed by atoms with van der Waals surface area (Å²) in [6.07, 6.45) is -1.38. The van der Waals surface area contributed by atoms with Crippen LogP contribution < -0.4 is 11.1 Å². The Morgan fingerprint density at radius 3 is 2.35 bits per heavy atom. The summed E-state index contributed by atoms with van der Waals surface area (Å²) in [4.78, 5) is 10.5. The Kier molecular flexibility index (Phi) is 4.47. The number of carbonyl (C=O) groups is 1. The normalized spacial score (nSPS) is 12.5. The summed E-state index contributed by atoms with van der Waals surface area (Å²) < 4.78 is 38.2. The first-order valence-corrected chi connectivity index (χ1v) is 4.73.